The maximum atomic E-state index is 11.5. The molecule has 90 valence electrons. The lowest BCUT2D eigenvalue weighted by atomic mass is 10.1. The highest BCUT2D eigenvalue weighted by Crippen LogP contribution is 2.25. The second-order valence-corrected chi connectivity index (χ2v) is 5.56. The minimum absolute atomic E-state index is 0. The Morgan fingerprint density at radius 3 is 2.73 bits per heavy atom. The monoisotopic (exact) mass is 252 g/mol. The molecule has 1 heterocycles. The first kappa shape index (κ1) is 15.1. The van der Waals surface area contributed by atoms with Gasteiger partial charge in [0.15, 0.2) is 0 Å². The fraction of sp³-hybridized carbons (Fsp3) is 0.900. The average molecular weight is 253 g/mol. The van der Waals surface area contributed by atoms with Gasteiger partial charge in [0.2, 0.25) is 5.91 Å². The molecule has 2 unspecified atom stereocenters. The first-order chi connectivity index (χ1) is 6.61. The number of amides is 1. The van der Waals surface area contributed by atoms with Gasteiger partial charge in [-0.15, -0.1) is 12.4 Å². The van der Waals surface area contributed by atoms with Gasteiger partial charge in [0.05, 0.1) is 6.04 Å². The largest absolute Gasteiger partial charge is 0.354 e. The summed E-state index contributed by atoms with van der Waals surface area (Å²) < 4.78 is 0. The summed E-state index contributed by atoms with van der Waals surface area (Å²) in [7, 11) is 0. The van der Waals surface area contributed by atoms with E-state index in [1.807, 2.05) is 25.6 Å². The fourth-order valence-corrected chi connectivity index (χ4v) is 2.64. The number of carbonyl (C=O) groups is 1. The lowest BCUT2D eigenvalue weighted by Crippen LogP contribution is -2.45. The van der Waals surface area contributed by atoms with Crippen molar-refractivity contribution < 1.29 is 4.79 Å². The van der Waals surface area contributed by atoms with Crippen LogP contribution in [0.3, 0.4) is 0 Å². The summed E-state index contributed by atoms with van der Waals surface area (Å²) in [6.45, 7) is 4.72. The molecule has 0 aromatic carbocycles. The Bertz CT molecular complexity index is 196. The van der Waals surface area contributed by atoms with E-state index in [-0.39, 0.29) is 30.3 Å². The Morgan fingerprint density at radius 2 is 2.27 bits per heavy atom. The number of halogens is 1. The zero-order chi connectivity index (χ0) is 10.6. The SMILES string of the molecule is CC(C)C(N)C(=O)NCC1CCCS1.Cl. The van der Waals surface area contributed by atoms with E-state index in [9.17, 15) is 4.79 Å². The van der Waals surface area contributed by atoms with Gasteiger partial charge in [-0.05, 0) is 24.5 Å². The molecule has 1 aliphatic rings. The van der Waals surface area contributed by atoms with Crippen LogP contribution >= 0.6 is 24.2 Å². The van der Waals surface area contributed by atoms with Crippen molar-refractivity contribution in [3.8, 4) is 0 Å². The number of hydrogen-bond acceptors (Lipinski definition) is 3. The lowest BCUT2D eigenvalue weighted by Gasteiger charge is -2.17. The Labute approximate surface area is 102 Å². The fourth-order valence-electron chi connectivity index (χ4n) is 1.44. The van der Waals surface area contributed by atoms with E-state index in [4.69, 9.17) is 5.73 Å². The van der Waals surface area contributed by atoms with Crippen LogP contribution in [0.1, 0.15) is 26.7 Å². The summed E-state index contributed by atoms with van der Waals surface area (Å²) >= 11 is 1.95. The molecule has 5 heteroatoms. The summed E-state index contributed by atoms with van der Waals surface area (Å²) in [5.74, 6) is 1.44. The molecule has 1 rings (SSSR count). The Morgan fingerprint density at radius 1 is 1.60 bits per heavy atom. The van der Waals surface area contributed by atoms with Crippen molar-refractivity contribution in [1.29, 1.82) is 0 Å². The number of carbonyl (C=O) groups excluding carboxylic acids is 1. The second kappa shape index (κ2) is 7.36. The van der Waals surface area contributed by atoms with Crippen LogP contribution in [-0.4, -0.2) is 29.5 Å². The molecule has 1 aliphatic heterocycles. The smallest absolute Gasteiger partial charge is 0.237 e. The average Bonchev–Trinajstić information content (AvgIpc) is 2.65. The third kappa shape index (κ3) is 5.09. The van der Waals surface area contributed by atoms with Crippen molar-refractivity contribution in [1.82, 2.24) is 5.32 Å². The Hall–Kier alpha value is 0.0700. The summed E-state index contributed by atoms with van der Waals surface area (Å²) in [5, 5.41) is 3.53. The normalized spacial score (nSPS) is 22.3. The number of thioether (sulfide) groups is 1. The molecule has 0 radical (unpaired) electrons. The Kier molecular flexibility index (Phi) is 7.40. The number of rotatable bonds is 4. The van der Waals surface area contributed by atoms with Crippen LogP contribution in [0.4, 0.5) is 0 Å². The highest BCUT2D eigenvalue weighted by molar-refractivity contribution is 8.00. The quantitative estimate of drug-likeness (QED) is 0.796. The molecule has 3 nitrogen and oxygen atoms in total. The van der Waals surface area contributed by atoms with Gasteiger partial charge >= 0.3 is 0 Å². The predicted octanol–water partition coefficient (Wildman–Crippen LogP) is 1.40. The Balaban J connectivity index is 0.00000196. The zero-order valence-electron chi connectivity index (χ0n) is 9.36. The van der Waals surface area contributed by atoms with Crippen molar-refractivity contribution in [3.63, 3.8) is 0 Å². The number of nitrogens with one attached hydrogen (secondary N) is 1. The van der Waals surface area contributed by atoms with E-state index in [1.54, 1.807) is 0 Å². The molecular weight excluding hydrogens is 232 g/mol. The van der Waals surface area contributed by atoms with Gasteiger partial charge in [-0.3, -0.25) is 4.79 Å². The van der Waals surface area contributed by atoms with Gasteiger partial charge in [0.25, 0.3) is 0 Å². The van der Waals surface area contributed by atoms with Gasteiger partial charge < -0.3 is 11.1 Å². The van der Waals surface area contributed by atoms with Crippen LogP contribution in [-0.2, 0) is 4.79 Å². The molecule has 0 aliphatic carbocycles. The van der Waals surface area contributed by atoms with Crippen LogP contribution in [0.25, 0.3) is 0 Å². The highest BCUT2D eigenvalue weighted by atomic mass is 35.5. The standard InChI is InChI=1S/C10H20N2OS.ClH/c1-7(2)9(11)10(13)12-6-8-4-3-5-14-8;/h7-9H,3-6,11H2,1-2H3,(H,12,13);1H. The third-order valence-electron chi connectivity index (χ3n) is 2.55. The molecule has 0 saturated carbocycles. The topological polar surface area (TPSA) is 55.1 Å². The van der Waals surface area contributed by atoms with E-state index in [2.05, 4.69) is 5.32 Å². The van der Waals surface area contributed by atoms with E-state index in [1.165, 1.54) is 18.6 Å². The number of nitrogens with two attached hydrogens (primary N) is 1. The molecule has 0 aromatic heterocycles. The van der Waals surface area contributed by atoms with Crippen molar-refractivity contribution in [2.45, 2.75) is 38.0 Å². The summed E-state index contributed by atoms with van der Waals surface area (Å²) in [4.78, 5) is 11.5. The molecule has 0 bridgehead atoms. The van der Waals surface area contributed by atoms with Crippen LogP contribution in [0.2, 0.25) is 0 Å². The highest BCUT2D eigenvalue weighted by Gasteiger charge is 2.20. The molecule has 1 fully saturated rings. The first-order valence-corrected chi connectivity index (χ1v) is 6.31. The van der Waals surface area contributed by atoms with Gasteiger partial charge in [-0.2, -0.15) is 11.8 Å². The van der Waals surface area contributed by atoms with Crippen LogP contribution in [0.15, 0.2) is 0 Å². The third-order valence-corrected chi connectivity index (χ3v) is 3.95. The molecule has 1 amide bonds. The zero-order valence-corrected chi connectivity index (χ0v) is 11.0. The first-order valence-electron chi connectivity index (χ1n) is 5.26. The second-order valence-electron chi connectivity index (χ2n) is 4.15. The molecular formula is C10H21ClN2OS. The van der Waals surface area contributed by atoms with Crippen LogP contribution < -0.4 is 11.1 Å². The van der Waals surface area contributed by atoms with Gasteiger partial charge in [0.1, 0.15) is 0 Å². The lowest BCUT2D eigenvalue weighted by molar-refractivity contribution is -0.123. The summed E-state index contributed by atoms with van der Waals surface area (Å²) in [6, 6.07) is -0.360. The summed E-state index contributed by atoms with van der Waals surface area (Å²) in [5.41, 5.74) is 5.73. The van der Waals surface area contributed by atoms with Crippen molar-refractivity contribution in [2.24, 2.45) is 11.7 Å². The number of hydrogen-bond donors (Lipinski definition) is 2. The molecule has 15 heavy (non-hydrogen) atoms. The molecule has 0 aromatic rings. The van der Waals surface area contributed by atoms with E-state index >= 15 is 0 Å². The van der Waals surface area contributed by atoms with E-state index < -0.39 is 0 Å². The maximum absolute atomic E-state index is 11.5. The van der Waals surface area contributed by atoms with Crippen LogP contribution in [0, 0.1) is 5.92 Å². The van der Waals surface area contributed by atoms with Crippen molar-refractivity contribution in [2.75, 3.05) is 12.3 Å². The molecule has 1 saturated heterocycles. The van der Waals surface area contributed by atoms with E-state index in [0.717, 1.165) is 6.54 Å². The van der Waals surface area contributed by atoms with Crippen molar-refractivity contribution in [3.05, 3.63) is 0 Å². The minimum atomic E-state index is -0.360. The molecule has 3 N–H and O–H groups in total. The van der Waals surface area contributed by atoms with Gasteiger partial charge in [0, 0.05) is 11.8 Å². The minimum Gasteiger partial charge on any atom is -0.354 e. The van der Waals surface area contributed by atoms with Crippen LogP contribution in [0.5, 0.6) is 0 Å². The van der Waals surface area contributed by atoms with Gasteiger partial charge in [-0.1, -0.05) is 13.8 Å². The van der Waals surface area contributed by atoms with E-state index in [0.29, 0.717) is 5.25 Å². The summed E-state index contributed by atoms with van der Waals surface area (Å²) in [6.07, 6.45) is 2.50. The van der Waals surface area contributed by atoms with Crippen molar-refractivity contribution >= 4 is 30.1 Å². The maximum Gasteiger partial charge on any atom is 0.237 e. The van der Waals surface area contributed by atoms with Gasteiger partial charge in [-0.25, -0.2) is 0 Å². The molecule has 2 atom stereocenters. The predicted molar refractivity (Wildman–Crippen MR) is 68.6 cm³/mol. The molecule has 0 spiro atoms.